The van der Waals surface area contributed by atoms with Crippen molar-refractivity contribution in [3.63, 3.8) is 0 Å². The molecule has 0 atom stereocenters. The second-order valence-corrected chi connectivity index (χ2v) is 12.8. The van der Waals surface area contributed by atoms with Gasteiger partial charge in [0.05, 0.1) is 22.8 Å². The number of unbranched alkanes of at least 4 members (excludes halogenated alkanes) is 2. The average Bonchev–Trinajstić information content (AvgIpc) is 3.16. The zero-order valence-corrected chi connectivity index (χ0v) is 32.4. The minimum Gasteiger partial charge on any atom is -0.369 e. The highest BCUT2D eigenvalue weighted by Gasteiger charge is 2.17. The summed E-state index contributed by atoms with van der Waals surface area (Å²) in [6.45, 7) is 8.86. The summed E-state index contributed by atoms with van der Waals surface area (Å²) in [5.74, 6) is -2.40. The van der Waals surface area contributed by atoms with Crippen LogP contribution in [0.15, 0.2) is 75.0 Å². The van der Waals surface area contributed by atoms with Gasteiger partial charge >= 0.3 is 0 Å². The highest BCUT2D eigenvalue weighted by molar-refractivity contribution is 6.12. The zero-order chi connectivity index (χ0) is 42.2. The summed E-state index contributed by atoms with van der Waals surface area (Å²) >= 11 is 0. The fraction of sp³-hybridized carbons (Fsp3) is 0.243. The molecule has 3 aromatic rings. The van der Waals surface area contributed by atoms with Crippen LogP contribution in [-0.2, 0) is 6.42 Å². The van der Waals surface area contributed by atoms with Gasteiger partial charge in [-0.05, 0) is 101 Å². The van der Waals surface area contributed by atoms with E-state index in [-0.39, 0.29) is 35.0 Å². The number of carbonyl (C=O) groups excluding carboxylic acids is 2. The minimum atomic E-state index is -0.490. The number of nitrogens with one attached hydrogen (secondary N) is 10. The Hall–Kier alpha value is -7.64. The molecule has 0 aromatic heterocycles. The van der Waals surface area contributed by atoms with Crippen LogP contribution in [0.5, 0.6) is 0 Å². The van der Waals surface area contributed by atoms with Gasteiger partial charge in [-0.2, -0.15) is 20.4 Å². The van der Waals surface area contributed by atoms with E-state index in [0.29, 0.717) is 62.9 Å². The molecule has 0 saturated carbocycles. The van der Waals surface area contributed by atoms with Crippen LogP contribution in [0.25, 0.3) is 0 Å². The number of aryl methyl sites for hydroxylation is 1. The van der Waals surface area contributed by atoms with E-state index >= 15 is 0 Å². The maximum absolute atomic E-state index is 14.0. The van der Waals surface area contributed by atoms with Gasteiger partial charge in [-0.15, -0.1) is 0 Å². The van der Waals surface area contributed by atoms with Gasteiger partial charge in [0.15, 0.2) is 0 Å². The molecule has 300 valence electrons. The number of nitrogens with two attached hydrogens (primary N) is 4. The molecule has 3 aromatic carbocycles. The number of nitrogens with zero attached hydrogens (tertiary/aromatic N) is 4. The van der Waals surface area contributed by atoms with Gasteiger partial charge < -0.3 is 33.6 Å². The number of hydrazone groups is 4. The first-order valence-electron chi connectivity index (χ1n) is 17.6. The van der Waals surface area contributed by atoms with Crippen molar-refractivity contribution in [2.24, 2.45) is 43.3 Å². The Morgan fingerprint density at radius 3 is 1.07 bits per heavy atom. The highest BCUT2D eigenvalue weighted by atomic mass is 16.2. The molecular formula is C37H50N18O2. The topological polar surface area (TPSA) is 355 Å². The first-order chi connectivity index (χ1) is 26.9. The Kier molecular flexibility index (Phi) is 15.9. The van der Waals surface area contributed by atoms with Crippen LogP contribution in [0.3, 0.4) is 0 Å². The third-order valence-electron chi connectivity index (χ3n) is 8.02. The van der Waals surface area contributed by atoms with Crippen LogP contribution in [0.1, 0.15) is 102 Å². The van der Waals surface area contributed by atoms with Gasteiger partial charge in [0.2, 0.25) is 23.8 Å². The van der Waals surface area contributed by atoms with Crippen LogP contribution in [0.4, 0.5) is 11.4 Å². The van der Waals surface area contributed by atoms with Crippen LogP contribution in [0.2, 0.25) is 0 Å². The standard InChI is InChI=1S/C37H50N18O2/c1-6-7-8-9-23-10-28(32(56)46-30-15-24(19(2)48-52-34(38)39)12-25(16-30)20(3)49-53-35(40)41)14-29(11-23)33(57)47-31-17-26(21(4)50-54-36(42)43)13-27(18-31)22(5)51-55-37(44)45/h10-18H,6-9H2,1-5H3,(H,46,56)(H,47,57)(H4,38,39,52)(H4,40,41,53)(H4,42,43,54)(H4,44,45,55)/b48-19-,49-20-,50-21-,51-22+. The van der Waals surface area contributed by atoms with E-state index in [9.17, 15) is 9.59 Å². The summed E-state index contributed by atoms with van der Waals surface area (Å²) in [5, 5.41) is 52.2. The fourth-order valence-corrected chi connectivity index (χ4v) is 5.15. The van der Waals surface area contributed by atoms with E-state index < -0.39 is 11.8 Å². The number of carbonyl (C=O) groups is 2. The normalized spacial score (nSPS) is 11.9. The zero-order valence-electron chi connectivity index (χ0n) is 32.4. The van der Waals surface area contributed by atoms with E-state index in [2.05, 4.69) is 59.7 Å². The number of hydrogen-bond acceptors (Lipinski definition) is 10. The van der Waals surface area contributed by atoms with Gasteiger partial charge in [0.1, 0.15) is 0 Å². The Morgan fingerprint density at radius 2 is 0.789 bits per heavy atom. The van der Waals surface area contributed by atoms with Crippen LogP contribution < -0.4 is 55.3 Å². The van der Waals surface area contributed by atoms with Crippen LogP contribution in [0, 0.1) is 21.6 Å². The van der Waals surface area contributed by atoms with Crippen molar-refractivity contribution in [3.05, 3.63) is 93.5 Å². The molecule has 0 aliphatic rings. The molecule has 20 nitrogen and oxygen atoms in total. The lowest BCUT2D eigenvalue weighted by atomic mass is 9.99. The predicted octanol–water partition coefficient (Wildman–Crippen LogP) is 2.75. The lowest BCUT2D eigenvalue weighted by molar-refractivity contribution is 0.102. The molecule has 0 spiro atoms. The number of amides is 2. The molecule has 0 bridgehead atoms. The summed E-state index contributed by atoms with van der Waals surface area (Å²) in [4.78, 5) is 28.0. The van der Waals surface area contributed by atoms with Crippen LogP contribution in [-0.4, -0.2) is 58.5 Å². The van der Waals surface area contributed by atoms with Crippen molar-refractivity contribution < 1.29 is 9.59 Å². The third-order valence-corrected chi connectivity index (χ3v) is 8.02. The minimum absolute atomic E-state index is 0.236. The molecule has 0 aliphatic carbocycles. The molecule has 2 amide bonds. The summed E-state index contributed by atoms with van der Waals surface area (Å²) < 4.78 is 0. The largest absolute Gasteiger partial charge is 0.369 e. The second-order valence-electron chi connectivity index (χ2n) is 12.8. The van der Waals surface area contributed by atoms with E-state index in [1.807, 2.05) is 0 Å². The molecule has 0 radical (unpaired) electrons. The molecular weight excluding hydrogens is 729 g/mol. The van der Waals surface area contributed by atoms with Gasteiger partial charge in [-0.3, -0.25) is 31.2 Å². The Morgan fingerprint density at radius 1 is 0.491 bits per heavy atom. The molecule has 0 aliphatic heterocycles. The van der Waals surface area contributed by atoms with E-state index in [1.54, 1.807) is 76.2 Å². The van der Waals surface area contributed by atoms with Crippen molar-refractivity contribution in [3.8, 4) is 0 Å². The molecule has 0 heterocycles. The van der Waals surface area contributed by atoms with E-state index in [1.165, 1.54) is 6.07 Å². The van der Waals surface area contributed by atoms with Crippen molar-refractivity contribution in [2.45, 2.75) is 60.3 Å². The molecule has 20 heteroatoms. The first kappa shape index (κ1) is 43.8. The fourth-order valence-electron chi connectivity index (χ4n) is 5.15. The number of benzene rings is 3. The Labute approximate surface area is 330 Å². The maximum atomic E-state index is 14.0. The van der Waals surface area contributed by atoms with Gasteiger partial charge in [-0.25, -0.2) is 21.7 Å². The lowest BCUT2D eigenvalue weighted by Gasteiger charge is -2.14. The predicted molar refractivity (Wildman–Crippen MR) is 228 cm³/mol. The number of guanidine groups is 4. The molecule has 0 saturated heterocycles. The molecule has 3 rings (SSSR count). The van der Waals surface area contributed by atoms with Crippen molar-refractivity contribution in [2.75, 3.05) is 10.6 Å². The summed E-state index contributed by atoms with van der Waals surface area (Å²) in [6, 6.07) is 15.3. The maximum Gasteiger partial charge on any atom is 0.255 e. The highest BCUT2D eigenvalue weighted by Crippen LogP contribution is 2.22. The average molecular weight is 779 g/mol. The third kappa shape index (κ3) is 14.3. The lowest BCUT2D eigenvalue weighted by Crippen LogP contribution is -2.27. The second kappa shape index (κ2) is 20.7. The molecule has 18 N–H and O–H groups in total. The Balaban J connectivity index is 2.08. The Bertz CT molecular complexity index is 1920. The number of rotatable bonds is 16. The van der Waals surface area contributed by atoms with Crippen LogP contribution >= 0.6 is 0 Å². The molecule has 0 unspecified atom stereocenters. The summed E-state index contributed by atoms with van der Waals surface area (Å²) in [5.41, 5.74) is 37.4. The number of anilines is 2. The SMILES string of the molecule is CCCCCc1cc(C(=O)Nc2cc(/C(C)=N\NC(=N)N)cc(/C(C)=N\NC(=N)N)c2)cc(C(=O)Nc2cc(/C(C)=N\NC(=N)N)cc(/C(C)=N/NC(=N)N)c2)c1. The van der Waals surface area contributed by atoms with Gasteiger partial charge in [0.25, 0.3) is 11.8 Å². The van der Waals surface area contributed by atoms with Crippen molar-refractivity contribution >= 4 is 69.9 Å². The van der Waals surface area contributed by atoms with Gasteiger partial charge in [-0.1, -0.05) is 19.8 Å². The van der Waals surface area contributed by atoms with Gasteiger partial charge in [0, 0.05) is 44.8 Å². The quantitative estimate of drug-likeness (QED) is 0.0436. The monoisotopic (exact) mass is 778 g/mol. The smallest absolute Gasteiger partial charge is 0.255 e. The summed E-state index contributed by atoms with van der Waals surface area (Å²) in [6.07, 6.45) is 3.42. The van der Waals surface area contributed by atoms with Crippen molar-refractivity contribution in [1.82, 2.24) is 21.7 Å². The van der Waals surface area contributed by atoms with E-state index in [0.717, 1.165) is 24.8 Å². The van der Waals surface area contributed by atoms with E-state index in [4.69, 9.17) is 44.6 Å². The molecule has 0 fully saturated rings. The molecule has 57 heavy (non-hydrogen) atoms. The number of hydrogen-bond donors (Lipinski definition) is 14. The van der Waals surface area contributed by atoms with Crippen molar-refractivity contribution in [1.29, 1.82) is 21.6 Å². The first-order valence-corrected chi connectivity index (χ1v) is 17.6. The summed E-state index contributed by atoms with van der Waals surface area (Å²) in [7, 11) is 0.